The number of ketones is 1. The highest BCUT2D eigenvalue weighted by Crippen LogP contribution is 2.49. The van der Waals surface area contributed by atoms with Crippen LogP contribution in [0.3, 0.4) is 0 Å². The van der Waals surface area contributed by atoms with E-state index in [-0.39, 0.29) is 99.0 Å². The van der Waals surface area contributed by atoms with Crippen LogP contribution in [0.4, 0.5) is 0 Å². The van der Waals surface area contributed by atoms with Crippen molar-refractivity contribution in [2.75, 3.05) is 6.61 Å². The second kappa shape index (κ2) is 29.3. The Bertz CT molecular complexity index is 2350. The molecule has 6 heterocycles. The molecule has 0 radical (unpaired) electrons. The van der Waals surface area contributed by atoms with Crippen LogP contribution >= 0.6 is 12.9 Å². The van der Waals surface area contributed by atoms with Gasteiger partial charge in [0.05, 0.1) is 86.3 Å². The summed E-state index contributed by atoms with van der Waals surface area (Å²) in [6.45, 7) is 67.1. The first-order chi connectivity index (χ1) is 39.9. The van der Waals surface area contributed by atoms with Crippen molar-refractivity contribution in [2.24, 2.45) is 11.8 Å². The Morgan fingerprint density at radius 2 is 1.21 bits per heavy atom. The van der Waals surface area contributed by atoms with Crippen molar-refractivity contribution < 1.29 is 64.6 Å². The maximum Gasteiger partial charge on any atom is 0.308 e. The molecule has 0 N–H and O–H groups in total. The first-order valence-electron chi connectivity index (χ1n) is 33.2. The van der Waals surface area contributed by atoms with Crippen molar-refractivity contribution in [3.05, 3.63) is 49.6 Å². The van der Waals surface area contributed by atoms with E-state index in [2.05, 4.69) is 189 Å². The fraction of sp³-hybridized carbons (Fsp3) is 0.853. The quantitative estimate of drug-likeness (QED) is 0.0231. The summed E-state index contributed by atoms with van der Waals surface area (Å²) >= 11 is 4.13. The molecule has 0 spiro atoms. The van der Waals surface area contributed by atoms with E-state index in [1.165, 1.54) is 6.08 Å². The van der Waals surface area contributed by atoms with Gasteiger partial charge in [0, 0.05) is 31.6 Å². The standard InChI is InChI=1S/C68H122O14SSi4/c1-27-46(69)29-30-47-38-43(4)51(72-47)33-31-48-37-42(3)44(5)54(73-48)40-56-60(45(6)59-57(75-56)41-55(52(76-59)35-36-71-83)80-85(21,22)66(10,11)12)78-58(70)39-49-32-34-53-62(74-49)64(82-87(25,26)68(16,17)18)63(81-86(23,24)67(13,14)15)61(77-53)50(28-2)79-84(19,20)65(7,8)9/h27-28,42,45,47-57,59-64,83H,1-2,4-5,29-41H2,3,6-26H3/t42?,45-,47-,48?,49+,50?,51-,52+,53?,54?,55?,56-,57?,59-,60?,61-,62?,63+,64?/m0/s1. The van der Waals surface area contributed by atoms with Gasteiger partial charge in [0.1, 0.15) is 30.5 Å². The molecule has 0 aromatic rings. The van der Waals surface area contributed by atoms with Gasteiger partial charge in [-0.2, -0.15) is 0 Å². The van der Waals surface area contributed by atoms with Gasteiger partial charge in [-0.05, 0) is 154 Å². The number of fused-ring (bicyclic) bond motifs is 2. The summed E-state index contributed by atoms with van der Waals surface area (Å²) in [4.78, 5) is 27.1. The zero-order valence-corrected chi connectivity index (χ0v) is 63.2. The monoisotopic (exact) mass is 1310 g/mol. The van der Waals surface area contributed by atoms with Gasteiger partial charge in [0.15, 0.2) is 39.1 Å². The Morgan fingerprint density at radius 1 is 0.621 bits per heavy atom. The topological polar surface area (TPSA) is 145 Å². The van der Waals surface area contributed by atoms with Crippen LogP contribution in [-0.4, -0.2) is 155 Å². The zero-order valence-electron chi connectivity index (χ0n) is 58.3. The molecule has 10 unspecified atom stereocenters. The number of carbonyl (C=O) groups excluding carboxylic acids is 2. The molecule has 87 heavy (non-hydrogen) atoms. The number of rotatable bonds is 25. The van der Waals surface area contributed by atoms with E-state index in [1.54, 1.807) is 0 Å². The molecule has 0 aromatic heterocycles. The van der Waals surface area contributed by atoms with Crippen LogP contribution < -0.4 is 0 Å². The van der Waals surface area contributed by atoms with E-state index < -0.39 is 88.2 Å². The third kappa shape index (κ3) is 18.4. The van der Waals surface area contributed by atoms with Crippen LogP contribution in [-0.2, 0) is 64.6 Å². The first kappa shape index (κ1) is 74.9. The number of hydrogen-bond donors (Lipinski definition) is 1. The van der Waals surface area contributed by atoms with Gasteiger partial charge in [0.2, 0.25) is 0 Å². The third-order valence-corrected chi connectivity index (χ3v) is 40.4. The van der Waals surface area contributed by atoms with Gasteiger partial charge in [-0.15, -0.1) is 6.58 Å². The second-order valence-electron chi connectivity index (χ2n) is 32.9. The largest absolute Gasteiger partial charge is 0.459 e. The molecule has 500 valence electrons. The van der Waals surface area contributed by atoms with Crippen molar-refractivity contribution >= 4 is 57.9 Å². The SMILES string of the molecule is C=CC(=O)CC[C@H]1CC(=C)[C@H](CCC2CC(C)C(=C)C(C[C@@H]3OC4CC(O[Si](C)(C)C(C)(C)C)[C@@H](CCOS)O[C@H]4[C@H](C)C3OC(=O)C[C@H]3CCC4O[C@@H](C(C=C)O[Si](C)(C)C(C)(C)C)[C@@H](O[Si](C)(C)C(C)(C)C)C(O[Si](C)(C)C(C)(C)C)C4O3)O2)O1. The van der Waals surface area contributed by atoms with Gasteiger partial charge in [0.25, 0.3) is 0 Å². The minimum absolute atomic E-state index is 0.0257. The molecule has 0 amide bonds. The molecule has 0 aromatic carbocycles. The van der Waals surface area contributed by atoms with Crippen molar-refractivity contribution in [3.8, 4) is 0 Å². The molecule has 6 saturated heterocycles. The predicted octanol–water partition coefficient (Wildman–Crippen LogP) is 15.9. The Morgan fingerprint density at radius 3 is 1.78 bits per heavy atom. The van der Waals surface area contributed by atoms with E-state index in [1.807, 2.05) is 6.08 Å². The van der Waals surface area contributed by atoms with Crippen molar-refractivity contribution in [2.45, 2.75) is 350 Å². The summed E-state index contributed by atoms with van der Waals surface area (Å²) in [6.07, 6.45) is 3.92. The minimum atomic E-state index is -2.52. The Hall–Kier alpha value is -1.12. The van der Waals surface area contributed by atoms with Crippen LogP contribution in [0, 0.1) is 11.8 Å². The second-order valence-corrected chi connectivity index (χ2v) is 52.2. The maximum atomic E-state index is 15.1. The molecule has 6 aliphatic rings. The maximum absolute atomic E-state index is 15.1. The van der Waals surface area contributed by atoms with Crippen molar-refractivity contribution in [3.63, 3.8) is 0 Å². The average Bonchev–Trinajstić information content (AvgIpc) is 1.30. The Labute approximate surface area is 537 Å². The highest BCUT2D eigenvalue weighted by atomic mass is 32.1. The smallest absolute Gasteiger partial charge is 0.308 e. The molecule has 6 aliphatic heterocycles. The summed E-state index contributed by atoms with van der Waals surface area (Å²) < 4.78 is 84.5. The van der Waals surface area contributed by atoms with Crippen LogP contribution in [0.25, 0.3) is 0 Å². The fourth-order valence-electron chi connectivity index (χ4n) is 12.5. The number of ether oxygens (including phenoxy) is 7. The summed E-state index contributed by atoms with van der Waals surface area (Å²) in [7, 11) is -9.64. The van der Waals surface area contributed by atoms with Gasteiger partial charge < -0.3 is 55.0 Å². The van der Waals surface area contributed by atoms with E-state index in [4.69, 9.17) is 55.0 Å². The van der Waals surface area contributed by atoms with Gasteiger partial charge >= 0.3 is 5.97 Å². The predicted molar refractivity (Wildman–Crippen MR) is 362 cm³/mol. The summed E-state index contributed by atoms with van der Waals surface area (Å²) in [5, 5.41) is -0.347. The Balaban J connectivity index is 1.29. The minimum Gasteiger partial charge on any atom is -0.459 e. The lowest BCUT2D eigenvalue weighted by molar-refractivity contribution is -0.275. The number of hydrogen-bond acceptors (Lipinski definition) is 15. The first-order valence-corrected chi connectivity index (χ1v) is 45.2. The van der Waals surface area contributed by atoms with E-state index in [9.17, 15) is 4.79 Å². The normalized spacial score (nSPS) is 34.7. The van der Waals surface area contributed by atoms with Gasteiger partial charge in [-0.3, -0.25) is 9.59 Å². The van der Waals surface area contributed by atoms with Gasteiger partial charge in [-0.1, -0.05) is 123 Å². The number of thiol groups is 1. The molecule has 0 bridgehead atoms. The highest BCUT2D eigenvalue weighted by molar-refractivity contribution is 7.75. The summed E-state index contributed by atoms with van der Waals surface area (Å²) in [5.74, 6) is -0.423. The lowest BCUT2D eigenvalue weighted by Crippen LogP contribution is -2.69. The lowest BCUT2D eigenvalue weighted by Gasteiger charge is -2.56. The summed E-state index contributed by atoms with van der Waals surface area (Å²) in [5.41, 5.74) is 2.07. The molecular formula is C68H122O14SSi4. The third-order valence-electron chi connectivity index (χ3n) is 22.3. The van der Waals surface area contributed by atoms with E-state index in [0.29, 0.717) is 51.6 Å². The van der Waals surface area contributed by atoms with Crippen molar-refractivity contribution in [1.29, 1.82) is 0 Å². The molecule has 0 aliphatic carbocycles. The van der Waals surface area contributed by atoms with Crippen LogP contribution in [0.15, 0.2) is 49.6 Å². The zero-order chi connectivity index (χ0) is 65.4. The van der Waals surface area contributed by atoms with Gasteiger partial charge in [-0.25, -0.2) is 0 Å². The molecular weight excluding hydrogens is 1190 g/mol. The van der Waals surface area contributed by atoms with E-state index >= 15 is 4.79 Å². The number of carbonyl (C=O) groups is 2. The van der Waals surface area contributed by atoms with Crippen LogP contribution in [0.1, 0.15) is 174 Å². The Kier molecular flexibility index (Phi) is 25.2. The summed E-state index contributed by atoms with van der Waals surface area (Å²) in [6, 6.07) is 0. The fourth-order valence-corrected chi connectivity index (χ4v) is 17.8. The number of esters is 1. The van der Waals surface area contributed by atoms with Crippen LogP contribution in [0.5, 0.6) is 0 Å². The van der Waals surface area contributed by atoms with Crippen molar-refractivity contribution in [1.82, 2.24) is 0 Å². The van der Waals surface area contributed by atoms with Crippen LogP contribution in [0.2, 0.25) is 72.5 Å². The molecule has 6 rings (SSSR count). The lowest BCUT2D eigenvalue weighted by atomic mass is 9.79. The molecule has 6 fully saturated rings. The molecule has 19 atom stereocenters. The molecule has 14 nitrogen and oxygen atoms in total. The molecule has 19 heteroatoms. The average molecular weight is 1310 g/mol. The molecule has 0 saturated carbocycles. The highest BCUT2D eigenvalue weighted by Gasteiger charge is 2.59. The van der Waals surface area contributed by atoms with E-state index in [0.717, 1.165) is 36.8 Å². The number of allylic oxidation sites excluding steroid dienone is 1.